The molecule has 0 spiro atoms. The maximum atomic E-state index is 12.6. The lowest BCUT2D eigenvalue weighted by atomic mass is 10.0. The van der Waals surface area contributed by atoms with E-state index in [2.05, 4.69) is 0 Å². The first-order chi connectivity index (χ1) is 9.43. The van der Waals surface area contributed by atoms with E-state index in [-0.39, 0.29) is 17.0 Å². The van der Waals surface area contributed by atoms with Gasteiger partial charge in [0.15, 0.2) is 0 Å². The van der Waals surface area contributed by atoms with Crippen molar-refractivity contribution in [1.29, 1.82) is 0 Å². The summed E-state index contributed by atoms with van der Waals surface area (Å²) in [5.41, 5.74) is 0.893. The molecule has 0 radical (unpaired) electrons. The second kappa shape index (κ2) is 6.14. The van der Waals surface area contributed by atoms with Gasteiger partial charge in [0.05, 0.1) is 5.25 Å². The van der Waals surface area contributed by atoms with Gasteiger partial charge in [0, 0.05) is 13.1 Å². The Morgan fingerprint density at radius 2 is 1.70 bits per heavy atom. The van der Waals surface area contributed by atoms with Gasteiger partial charge in [-0.15, -0.1) is 0 Å². The normalized spacial score (nSPS) is 19.1. The quantitative estimate of drug-likeness (QED) is 0.929. The predicted molar refractivity (Wildman–Crippen MR) is 80.1 cm³/mol. The lowest BCUT2D eigenvalue weighted by Crippen LogP contribution is -2.38. The monoisotopic (exact) mass is 297 g/mol. The molecule has 0 aromatic heterocycles. The molecule has 1 atom stereocenters. The number of hydrogen-bond acceptors (Lipinski definition) is 3. The number of benzene rings is 1. The van der Waals surface area contributed by atoms with Crippen molar-refractivity contribution in [1.82, 2.24) is 4.31 Å². The van der Waals surface area contributed by atoms with Crippen molar-refractivity contribution in [3.8, 4) is 5.75 Å². The Kier molecular flexibility index (Phi) is 4.70. The van der Waals surface area contributed by atoms with E-state index in [1.54, 1.807) is 31.3 Å². The highest BCUT2D eigenvalue weighted by Gasteiger charge is 2.33. The van der Waals surface area contributed by atoms with Crippen molar-refractivity contribution in [2.45, 2.75) is 50.3 Å². The molecule has 1 N–H and O–H groups in total. The molecule has 1 saturated carbocycles. The molecule has 1 unspecified atom stereocenters. The van der Waals surface area contributed by atoms with Gasteiger partial charge in [-0.3, -0.25) is 0 Å². The molecule has 1 aromatic rings. The fourth-order valence-corrected chi connectivity index (χ4v) is 4.74. The minimum absolute atomic E-state index is 0.193. The van der Waals surface area contributed by atoms with Crippen LogP contribution >= 0.6 is 0 Å². The van der Waals surface area contributed by atoms with E-state index in [1.807, 2.05) is 6.92 Å². The van der Waals surface area contributed by atoms with Crippen molar-refractivity contribution in [2.24, 2.45) is 0 Å². The second-order valence-electron chi connectivity index (χ2n) is 5.59. The molecule has 0 bridgehead atoms. The minimum Gasteiger partial charge on any atom is -0.508 e. The van der Waals surface area contributed by atoms with Crippen LogP contribution in [0.15, 0.2) is 24.3 Å². The molecule has 1 fully saturated rings. The SMILES string of the molecule is CC(c1ccc(O)cc1)N(C)S(=O)(=O)C1CCCCC1. The van der Waals surface area contributed by atoms with Crippen LogP contribution in [0.1, 0.15) is 50.6 Å². The molecule has 4 nitrogen and oxygen atoms in total. The molecule has 0 aliphatic heterocycles. The van der Waals surface area contributed by atoms with Gasteiger partial charge in [0.2, 0.25) is 10.0 Å². The van der Waals surface area contributed by atoms with Crippen LogP contribution in [-0.4, -0.2) is 30.1 Å². The molecule has 0 heterocycles. The number of phenols is 1. The summed E-state index contributed by atoms with van der Waals surface area (Å²) in [6.45, 7) is 1.88. The van der Waals surface area contributed by atoms with E-state index in [0.717, 1.165) is 37.7 Å². The van der Waals surface area contributed by atoms with Gasteiger partial charge in [-0.2, -0.15) is 4.31 Å². The highest BCUT2D eigenvalue weighted by molar-refractivity contribution is 7.89. The van der Waals surface area contributed by atoms with E-state index in [0.29, 0.717) is 0 Å². The summed E-state index contributed by atoms with van der Waals surface area (Å²) in [5, 5.41) is 9.07. The smallest absolute Gasteiger partial charge is 0.217 e. The van der Waals surface area contributed by atoms with Gasteiger partial charge in [0.25, 0.3) is 0 Å². The summed E-state index contributed by atoms with van der Waals surface area (Å²) in [7, 11) is -1.59. The number of sulfonamides is 1. The van der Waals surface area contributed by atoms with Crippen molar-refractivity contribution in [3.05, 3.63) is 29.8 Å². The van der Waals surface area contributed by atoms with Crippen LogP contribution in [0.25, 0.3) is 0 Å². The lowest BCUT2D eigenvalue weighted by Gasteiger charge is -2.31. The van der Waals surface area contributed by atoms with Crippen LogP contribution in [0, 0.1) is 0 Å². The molecule has 1 aliphatic rings. The zero-order valence-electron chi connectivity index (χ0n) is 12.1. The average molecular weight is 297 g/mol. The summed E-state index contributed by atoms with van der Waals surface area (Å²) in [4.78, 5) is 0. The number of aromatic hydroxyl groups is 1. The van der Waals surface area contributed by atoms with Gasteiger partial charge >= 0.3 is 0 Å². The predicted octanol–water partition coefficient (Wildman–Crippen LogP) is 3.05. The van der Waals surface area contributed by atoms with Crippen LogP contribution < -0.4 is 0 Å². The van der Waals surface area contributed by atoms with Gasteiger partial charge in [-0.1, -0.05) is 31.4 Å². The summed E-state index contributed by atoms with van der Waals surface area (Å²) in [6, 6.07) is 6.50. The largest absolute Gasteiger partial charge is 0.508 e. The molecular weight excluding hydrogens is 274 g/mol. The molecule has 20 heavy (non-hydrogen) atoms. The number of nitrogens with zero attached hydrogens (tertiary/aromatic N) is 1. The molecule has 5 heteroatoms. The fraction of sp³-hybridized carbons (Fsp3) is 0.600. The molecule has 0 saturated heterocycles. The van der Waals surface area contributed by atoms with Crippen molar-refractivity contribution in [2.75, 3.05) is 7.05 Å². The van der Waals surface area contributed by atoms with Crippen LogP contribution in [0.5, 0.6) is 5.75 Å². The first kappa shape index (κ1) is 15.3. The van der Waals surface area contributed by atoms with E-state index >= 15 is 0 Å². The Morgan fingerprint density at radius 1 is 1.15 bits per heavy atom. The van der Waals surface area contributed by atoms with Crippen LogP contribution in [0.4, 0.5) is 0 Å². The third kappa shape index (κ3) is 3.15. The zero-order chi connectivity index (χ0) is 14.8. The van der Waals surface area contributed by atoms with Crippen LogP contribution in [0.2, 0.25) is 0 Å². The molecular formula is C15H23NO3S. The van der Waals surface area contributed by atoms with Crippen molar-refractivity contribution < 1.29 is 13.5 Å². The molecule has 1 aromatic carbocycles. The van der Waals surface area contributed by atoms with E-state index < -0.39 is 10.0 Å². The maximum Gasteiger partial charge on any atom is 0.217 e. The van der Waals surface area contributed by atoms with Gasteiger partial charge in [-0.25, -0.2) is 8.42 Å². The third-order valence-corrected chi connectivity index (χ3v) is 6.73. The Morgan fingerprint density at radius 3 is 2.25 bits per heavy atom. The highest BCUT2D eigenvalue weighted by Crippen LogP contribution is 2.30. The van der Waals surface area contributed by atoms with Crippen molar-refractivity contribution >= 4 is 10.0 Å². The Balaban J connectivity index is 2.16. The zero-order valence-corrected chi connectivity index (χ0v) is 12.9. The van der Waals surface area contributed by atoms with Crippen molar-refractivity contribution in [3.63, 3.8) is 0 Å². The van der Waals surface area contributed by atoms with Gasteiger partial charge < -0.3 is 5.11 Å². The molecule has 2 rings (SSSR count). The Hall–Kier alpha value is -1.07. The second-order valence-corrected chi connectivity index (χ2v) is 7.86. The number of rotatable bonds is 4. The van der Waals surface area contributed by atoms with Gasteiger partial charge in [0.1, 0.15) is 5.75 Å². The first-order valence-corrected chi connectivity index (χ1v) is 8.69. The minimum atomic E-state index is -3.25. The number of hydrogen-bond donors (Lipinski definition) is 1. The Bertz CT molecular complexity index is 533. The standard InChI is InChI=1S/C15H23NO3S/c1-12(13-8-10-14(17)11-9-13)16(2)20(18,19)15-6-4-3-5-7-15/h8-12,15,17H,3-7H2,1-2H3. The van der Waals surface area contributed by atoms with Crippen LogP contribution in [0.3, 0.4) is 0 Å². The topological polar surface area (TPSA) is 57.6 Å². The molecule has 0 amide bonds. The summed E-state index contributed by atoms with van der Waals surface area (Å²) >= 11 is 0. The van der Waals surface area contributed by atoms with Gasteiger partial charge in [-0.05, 0) is 37.5 Å². The lowest BCUT2D eigenvalue weighted by molar-refractivity contribution is 0.376. The molecule has 112 valence electrons. The van der Waals surface area contributed by atoms with Crippen LogP contribution in [-0.2, 0) is 10.0 Å². The number of phenolic OH excluding ortho intramolecular Hbond substituents is 1. The average Bonchev–Trinajstić information content (AvgIpc) is 2.47. The third-order valence-electron chi connectivity index (χ3n) is 4.30. The van der Waals surface area contributed by atoms with E-state index in [9.17, 15) is 13.5 Å². The maximum absolute atomic E-state index is 12.6. The summed E-state index contributed by atoms with van der Waals surface area (Å²) < 4.78 is 26.8. The summed E-state index contributed by atoms with van der Waals surface area (Å²) in [6.07, 6.45) is 4.70. The first-order valence-electron chi connectivity index (χ1n) is 7.18. The van der Waals surface area contributed by atoms with E-state index in [4.69, 9.17) is 0 Å². The Labute approximate surface area is 121 Å². The fourth-order valence-electron chi connectivity index (χ4n) is 2.78. The highest BCUT2D eigenvalue weighted by atomic mass is 32.2. The van der Waals surface area contributed by atoms with E-state index in [1.165, 1.54) is 4.31 Å². The summed E-state index contributed by atoms with van der Waals surface area (Å²) in [5.74, 6) is 0.193. The molecule has 1 aliphatic carbocycles.